The van der Waals surface area contributed by atoms with Gasteiger partial charge in [0, 0.05) is 11.8 Å². The summed E-state index contributed by atoms with van der Waals surface area (Å²) in [6, 6.07) is 0. The Kier molecular flexibility index (Phi) is 5.89. The molecule has 0 aliphatic carbocycles. The minimum Gasteiger partial charge on any atom is -0.481 e. The normalized spacial score (nSPS) is 39.3. The summed E-state index contributed by atoms with van der Waals surface area (Å²) in [6.45, 7) is 14.8. The molecule has 0 radical (unpaired) electrons. The Morgan fingerprint density at radius 2 is 1.84 bits per heavy atom. The first-order valence-corrected chi connectivity index (χ1v) is 9.31. The Bertz CT molecular complexity index is 490. The Morgan fingerprint density at radius 1 is 1.20 bits per heavy atom. The summed E-state index contributed by atoms with van der Waals surface area (Å²) in [5.41, 5.74) is -0.331. The third-order valence-corrected chi connectivity index (χ3v) is 5.65. The summed E-state index contributed by atoms with van der Waals surface area (Å²) in [7, 11) is 0. The minimum atomic E-state index is -0.886. The fraction of sp³-hybridized carbons (Fsp3) is 0.947. The number of carboxylic acids is 1. The number of aliphatic carboxylic acids is 1. The molecule has 2 rings (SSSR count). The van der Waals surface area contributed by atoms with Crippen molar-refractivity contribution in [3.05, 3.63) is 0 Å². The minimum absolute atomic E-state index is 0.0193. The highest BCUT2D eigenvalue weighted by atomic mass is 16.8. The van der Waals surface area contributed by atoms with E-state index in [1.54, 1.807) is 0 Å². The Balaban J connectivity index is 2.18. The molecule has 5 unspecified atom stereocenters. The molecule has 5 atom stereocenters. The molecule has 6 heteroatoms. The first-order chi connectivity index (χ1) is 11.4. The second-order valence-electron chi connectivity index (χ2n) is 8.62. The van der Waals surface area contributed by atoms with Gasteiger partial charge in [-0.1, -0.05) is 34.6 Å². The van der Waals surface area contributed by atoms with E-state index in [0.29, 0.717) is 13.0 Å². The highest BCUT2D eigenvalue weighted by Crippen LogP contribution is 2.47. The van der Waals surface area contributed by atoms with Gasteiger partial charge in [-0.15, -0.1) is 0 Å². The zero-order chi connectivity index (χ0) is 19.0. The van der Waals surface area contributed by atoms with Gasteiger partial charge in [0.15, 0.2) is 11.6 Å². The number of rotatable bonds is 7. The lowest BCUT2D eigenvalue weighted by molar-refractivity contribution is -0.197. The monoisotopic (exact) mass is 358 g/mol. The van der Waals surface area contributed by atoms with E-state index in [9.17, 15) is 4.79 Å². The third-order valence-electron chi connectivity index (χ3n) is 5.65. The van der Waals surface area contributed by atoms with Crippen LogP contribution in [0.4, 0.5) is 0 Å². The van der Waals surface area contributed by atoms with Crippen molar-refractivity contribution in [2.75, 3.05) is 6.61 Å². The molecule has 6 nitrogen and oxygen atoms in total. The van der Waals surface area contributed by atoms with Crippen molar-refractivity contribution in [1.82, 2.24) is 0 Å². The zero-order valence-electron chi connectivity index (χ0n) is 16.6. The average molecular weight is 358 g/mol. The largest absolute Gasteiger partial charge is 0.481 e. The Labute approximate surface area is 151 Å². The van der Waals surface area contributed by atoms with Gasteiger partial charge in [-0.2, -0.15) is 0 Å². The van der Waals surface area contributed by atoms with Gasteiger partial charge in [-0.3, -0.25) is 4.79 Å². The predicted molar refractivity (Wildman–Crippen MR) is 93.2 cm³/mol. The summed E-state index contributed by atoms with van der Waals surface area (Å²) in [4.78, 5) is 11.0. The smallest absolute Gasteiger partial charge is 0.303 e. The van der Waals surface area contributed by atoms with Crippen LogP contribution < -0.4 is 0 Å². The summed E-state index contributed by atoms with van der Waals surface area (Å²) >= 11 is 0. The fourth-order valence-electron chi connectivity index (χ4n) is 3.58. The van der Waals surface area contributed by atoms with Crippen LogP contribution in [-0.4, -0.2) is 47.6 Å². The van der Waals surface area contributed by atoms with Crippen LogP contribution in [-0.2, 0) is 23.7 Å². The molecule has 2 saturated heterocycles. The van der Waals surface area contributed by atoms with Crippen molar-refractivity contribution in [2.45, 2.75) is 97.6 Å². The molecule has 0 spiro atoms. The number of ether oxygens (including phenoxy) is 4. The summed E-state index contributed by atoms with van der Waals surface area (Å²) in [5.74, 6) is -2.04. The number of hydrogen-bond acceptors (Lipinski definition) is 5. The number of carboxylic acid groups (broad SMARTS) is 1. The Morgan fingerprint density at radius 3 is 2.32 bits per heavy atom. The summed E-state index contributed by atoms with van der Waals surface area (Å²) in [6.07, 6.45) is 0.711. The van der Waals surface area contributed by atoms with E-state index in [0.717, 1.165) is 6.42 Å². The standard InChI is InChI=1S/C19H34O6/c1-8-18(6)22-11-13(23-18)17(4,5)16-15(12(2)3)24-19(7,25-16)10-9-14(20)21/h12-13,15-16H,8-11H2,1-7H3,(H,20,21). The van der Waals surface area contributed by atoms with Gasteiger partial charge in [0.05, 0.1) is 31.3 Å². The van der Waals surface area contributed by atoms with E-state index in [1.165, 1.54) is 0 Å². The van der Waals surface area contributed by atoms with E-state index in [-0.39, 0.29) is 36.1 Å². The molecule has 2 aliphatic rings. The molecule has 2 fully saturated rings. The fourth-order valence-corrected chi connectivity index (χ4v) is 3.58. The van der Waals surface area contributed by atoms with Crippen molar-refractivity contribution in [2.24, 2.45) is 11.3 Å². The maximum atomic E-state index is 11.0. The molecule has 2 aliphatic heterocycles. The van der Waals surface area contributed by atoms with E-state index in [1.807, 2.05) is 20.8 Å². The maximum Gasteiger partial charge on any atom is 0.303 e. The van der Waals surface area contributed by atoms with Crippen molar-refractivity contribution in [3.63, 3.8) is 0 Å². The molecule has 2 heterocycles. The lowest BCUT2D eigenvalue weighted by Gasteiger charge is -2.39. The topological polar surface area (TPSA) is 74.2 Å². The van der Waals surface area contributed by atoms with Crippen LogP contribution in [0.2, 0.25) is 0 Å². The molecule has 0 aromatic heterocycles. The first kappa shape index (κ1) is 20.6. The molecule has 146 valence electrons. The van der Waals surface area contributed by atoms with Crippen molar-refractivity contribution in [3.8, 4) is 0 Å². The van der Waals surface area contributed by atoms with Gasteiger partial charge in [0.1, 0.15) is 0 Å². The van der Waals surface area contributed by atoms with Gasteiger partial charge in [-0.25, -0.2) is 0 Å². The average Bonchev–Trinajstić information content (AvgIpc) is 3.09. The lowest BCUT2D eigenvalue weighted by atomic mass is 9.76. The molecule has 0 bridgehead atoms. The van der Waals surface area contributed by atoms with Crippen LogP contribution >= 0.6 is 0 Å². The van der Waals surface area contributed by atoms with Crippen LogP contribution in [0.1, 0.15) is 67.7 Å². The van der Waals surface area contributed by atoms with E-state index >= 15 is 0 Å². The van der Waals surface area contributed by atoms with E-state index in [2.05, 4.69) is 27.7 Å². The molecule has 25 heavy (non-hydrogen) atoms. The summed E-state index contributed by atoms with van der Waals surface area (Å²) in [5, 5.41) is 9.00. The van der Waals surface area contributed by atoms with Gasteiger partial charge < -0.3 is 24.1 Å². The van der Waals surface area contributed by atoms with Crippen molar-refractivity contribution < 1.29 is 28.8 Å². The van der Waals surface area contributed by atoms with Gasteiger partial charge in [-0.05, 0) is 26.2 Å². The Hall–Kier alpha value is -0.690. The molecule has 0 saturated carbocycles. The van der Waals surface area contributed by atoms with E-state index < -0.39 is 17.5 Å². The third kappa shape index (κ3) is 4.35. The quantitative estimate of drug-likeness (QED) is 0.750. The van der Waals surface area contributed by atoms with Crippen molar-refractivity contribution in [1.29, 1.82) is 0 Å². The van der Waals surface area contributed by atoms with Gasteiger partial charge in [0.25, 0.3) is 0 Å². The highest BCUT2D eigenvalue weighted by molar-refractivity contribution is 5.66. The maximum absolute atomic E-state index is 11.0. The van der Waals surface area contributed by atoms with Gasteiger partial charge in [0.2, 0.25) is 0 Å². The molecule has 0 amide bonds. The highest BCUT2D eigenvalue weighted by Gasteiger charge is 2.56. The van der Waals surface area contributed by atoms with Crippen LogP contribution in [0.15, 0.2) is 0 Å². The molecular formula is C19H34O6. The second kappa shape index (κ2) is 7.14. The van der Waals surface area contributed by atoms with Crippen molar-refractivity contribution >= 4 is 5.97 Å². The van der Waals surface area contributed by atoms with Gasteiger partial charge >= 0.3 is 5.97 Å². The zero-order valence-corrected chi connectivity index (χ0v) is 16.6. The molecule has 0 aromatic carbocycles. The second-order valence-corrected chi connectivity index (χ2v) is 8.62. The predicted octanol–water partition coefficient (Wildman–Crippen LogP) is 3.58. The van der Waals surface area contributed by atoms with Crippen LogP contribution in [0.3, 0.4) is 0 Å². The van der Waals surface area contributed by atoms with E-state index in [4.69, 9.17) is 24.1 Å². The first-order valence-electron chi connectivity index (χ1n) is 9.31. The van der Waals surface area contributed by atoms with Crippen LogP contribution in [0, 0.1) is 11.3 Å². The lowest BCUT2D eigenvalue weighted by Crippen LogP contribution is -2.48. The summed E-state index contributed by atoms with van der Waals surface area (Å²) < 4.78 is 24.6. The molecule has 1 N–H and O–H groups in total. The molecular weight excluding hydrogens is 324 g/mol. The number of carbonyl (C=O) groups is 1. The SMILES string of the molecule is CCC1(C)OCC(C(C)(C)C2OC(C)(CCC(=O)O)OC2C(C)C)O1. The number of hydrogen-bond donors (Lipinski definition) is 1. The van der Waals surface area contributed by atoms with Crippen LogP contribution in [0.5, 0.6) is 0 Å². The van der Waals surface area contributed by atoms with Crippen LogP contribution in [0.25, 0.3) is 0 Å². The molecule has 0 aromatic rings.